The van der Waals surface area contributed by atoms with E-state index in [1.165, 1.54) is 12.8 Å². The molecule has 1 amide bonds. The van der Waals surface area contributed by atoms with Gasteiger partial charge in [-0.15, -0.1) is 0 Å². The molecule has 3 fully saturated rings. The molecule has 1 atom stereocenters. The zero-order chi connectivity index (χ0) is 16.2. The van der Waals surface area contributed by atoms with E-state index in [1.807, 2.05) is 4.90 Å². The first-order chi connectivity index (χ1) is 11.1. The second-order valence-electron chi connectivity index (χ2n) is 7.24. The number of carbonyl (C=O) groups excluding carboxylic acids is 1. The van der Waals surface area contributed by atoms with E-state index in [4.69, 9.17) is 0 Å². The molecule has 0 aromatic rings. The van der Waals surface area contributed by atoms with Crippen LogP contribution in [0.2, 0.25) is 0 Å². The number of carboxylic acids is 1. The summed E-state index contributed by atoms with van der Waals surface area (Å²) in [5, 5.41) is 9.21. The third-order valence-electron chi connectivity index (χ3n) is 5.41. The molecule has 3 rings (SSSR count). The van der Waals surface area contributed by atoms with Crippen LogP contribution in [0.4, 0.5) is 0 Å². The molecule has 0 spiro atoms. The molecule has 1 aliphatic carbocycles. The quantitative estimate of drug-likeness (QED) is 0.800. The van der Waals surface area contributed by atoms with Crippen molar-refractivity contribution in [1.29, 1.82) is 0 Å². The minimum absolute atomic E-state index is 0.206. The minimum Gasteiger partial charge on any atom is -0.481 e. The average molecular weight is 340 g/mol. The van der Waals surface area contributed by atoms with E-state index < -0.39 is 5.97 Å². The number of hydrogen-bond acceptors (Lipinski definition) is 4. The molecule has 0 aromatic heterocycles. The van der Waals surface area contributed by atoms with Gasteiger partial charge in [0.05, 0.1) is 11.7 Å². The molecule has 1 N–H and O–H groups in total. The second kappa shape index (κ2) is 7.88. The van der Waals surface area contributed by atoms with Crippen molar-refractivity contribution in [2.24, 2.45) is 11.8 Å². The molecule has 2 saturated heterocycles. The maximum Gasteiger partial charge on any atom is 0.307 e. The Labute approximate surface area is 142 Å². The predicted molar refractivity (Wildman–Crippen MR) is 91.6 cm³/mol. The number of carboxylic acid groups (broad SMARTS) is 1. The van der Waals surface area contributed by atoms with Crippen LogP contribution in [0.15, 0.2) is 0 Å². The molecular formula is C17H28N2O3S. The third kappa shape index (κ3) is 4.86. The molecule has 23 heavy (non-hydrogen) atoms. The van der Waals surface area contributed by atoms with E-state index in [2.05, 4.69) is 4.90 Å². The van der Waals surface area contributed by atoms with Crippen molar-refractivity contribution >= 4 is 23.6 Å². The average Bonchev–Trinajstić information content (AvgIpc) is 3.39. The third-order valence-corrected chi connectivity index (χ3v) is 6.57. The van der Waals surface area contributed by atoms with Crippen molar-refractivity contribution in [3.63, 3.8) is 0 Å². The number of thioether (sulfide) groups is 1. The van der Waals surface area contributed by atoms with E-state index in [-0.39, 0.29) is 11.8 Å². The molecule has 0 bridgehead atoms. The molecular weight excluding hydrogens is 312 g/mol. The summed E-state index contributed by atoms with van der Waals surface area (Å²) in [6.45, 7) is 3.37. The molecule has 2 aliphatic heterocycles. The summed E-state index contributed by atoms with van der Waals surface area (Å²) in [7, 11) is 0. The summed E-state index contributed by atoms with van der Waals surface area (Å²) in [4.78, 5) is 27.8. The maximum absolute atomic E-state index is 12.2. The fourth-order valence-corrected chi connectivity index (χ4v) is 4.85. The van der Waals surface area contributed by atoms with Gasteiger partial charge in [0, 0.05) is 25.7 Å². The fourth-order valence-electron chi connectivity index (χ4n) is 3.71. The maximum atomic E-state index is 12.2. The van der Waals surface area contributed by atoms with Crippen LogP contribution in [0.1, 0.15) is 38.5 Å². The molecule has 1 saturated carbocycles. The Morgan fingerprint density at radius 1 is 1.04 bits per heavy atom. The largest absolute Gasteiger partial charge is 0.481 e. The first-order valence-electron chi connectivity index (χ1n) is 8.96. The number of hydrogen-bond donors (Lipinski definition) is 1. The minimum atomic E-state index is -0.657. The van der Waals surface area contributed by atoms with Crippen LogP contribution in [0.5, 0.6) is 0 Å². The van der Waals surface area contributed by atoms with Crippen molar-refractivity contribution in [1.82, 2.24) is 9.80 Å². The molecule has 0 radical (unpaired) electrons. The molecule has 0 aromatic carbocycles. The van der Waals surface area contributed by atoms with Crippen molar-refractivity contribution in [2.45, 2.75) is 44.6 Å². The zero-order valence-corrected chi connectivity index (χ0v) is 14.6. The Hall–Kier alpha value is -0.750. The van der Waals surface area contributed by atoms with Gasteiger partial charge in [-0.05, 0) is 56.7 Å². The molecule has 3 aliphatic rings. The number of piperidine rings is 2. The van der Waals surface area contributed by atoms with Crippen LogP contribution in [-0.2, 0) is 9.59 Å². The SMILES string of the molecule is O=C(O)[C@@H]1CCCN(C2CCN(C(=O)CSCC3CC3)CC2)C1. The van der Waals surface area contributed by atoms with Gasteiger partial charge in [0.15, 0.2) is 0 Å². The number of nitrogens with zero attached hydrogens (tertiary/aromatic N) is 2. The van der Waals surface area contributed by atoms with E-state index in [0.717, 1.165) is 57.0 Å². The van der Waals surface area contributed by atoms with Crippen LogP contribution in [0, 0.1) is 11.8 Å². The van der Waals surface area contributed by atoms with E-state index in [0.29, 0.717) is 18.3 Å². The van der Waals surface area contributed by atoms with Crippen LogP contribution in [0.25, 0.3) is 0 Å². The summed E-state index contributed by atoms with van der Waals surface area (Å²) < 4.78 is 0. The summed E-state index contributed by atoms with van der Waals surface area (Å²) in [6.07, 6.45) is 6.46. The van der Waals surface area contributed by atoms with Crippen LogP contribution >= 0.6 is 11.8 Å². The lowest BCUT2D eigenvalue weighted by Gasteiger charge is -2.41. The number of amides is 1. The van der Waals surface area contributed by atoms with E-state index in [1.54, 1.807) is 11.8 Å². The van der Waals surface area contributed by atoms with Gasteiger partial charge < -0.3 is 10.0 Å². The number of likely N-dealkylation sites (tertiary alicyclic amines) is 2. The van der Waals surface area contributed by atoms with E-state index >= 15 is 0 Å². The lowest BCUT2D eigenvalue weighted by Crippen LogP contribution is -2.50. The Kier molecular flexibility index (Phi) is 5.85. The molecule has 2 heterocycles. The first-order valence-corrected chi connectivity index (χ1v) is 10.1. The Balaban J connectivity index is 1.38. The van der Waals surface area contributed by atoms with Crippen molar-refractivity contribution in [3.8, 4) is 0 Å². The molecule has 130 valence electrons. The van der Waals surface area contributed by atoms with Crippen LogP contribution < -0.4 is 0 Å². The summed E-state index contributed by atoms with van der Waals surface area (Å²) in [5.74, 6) is 2.08. The lowest BCUT2D eigenvalue weighted by atomic mass is 9.94. The standard InChI is InChI=1S/C17H28N2O3S/c20-16(12-23-11-13-3-4-13)18-8-5-15(6-9-18)19-7-1-2-14(10-19)17(21)22/h13-15H,1-12H2,(H,21,22)/t14-/m1/s1. The molecule has 0 unspecified atom stereocenters. The zero-order valence-electron chi connectivity index (χ0n) is 13.8. The fraction of sp³-hybridized carbons (Fsp3) is 0.882. The topological polar surface area (TPSA) is 60.9 Å². The van der Waals surface area contributed by atoms with Gasteiger partial charge in [-0.2, -0.15) is 11.8 Å². The number of carbonyl (C=O) groups is 2. The summed E-state index contributed by atoms with van der Waals surface area (Å²) >= 11 is 1.79. The highest BCUT2D eigenvalue weighted by molar-refractivity contribution is 7.99. The first kappa shape index (κ1) is 17.1. The van der Waals surface area contributed by atoms with Crippen molar-refractivity contribution in [2.75, 3.05) is 37.7 Å². The monoisotopic (exact) mass is 340 g/mol. The second-order valence-corrected chi connectivity index (χ2v) is 8.27. The van der Waals surface area contributed by atoms with E-state index in [9.17, 15) is 14.7 Å². The lowest BCUT2D eigenvalue weighted by molar-refractivity contribution is -0.144. The van der Waals surface area contributed by atoms with Gasteiger partial charge in [-0.1, -0.05) is 0 Å². The molecule has 6 heteroatoms. The van der Waals surface area contributed by atoms with Gasteiger partial charge in [-0.3, -0.25) is 14.5 Å². The van der Waals surface area contributed by atoms with Crippen molar-refractivity contribution < 1.29 is 14.7 Å². The summed E-state index contributed by atoms with van der Waals surface area (Å²) in [6, 6.07) is 0.459. The van der Waals surface area contributed by atoms with Gasteiger partial charge >= 0.3 is 5.97 Å². The highest BCUT2D eigenvalue weighted by atomic mass is 32.2. The Bertz CT molecular complexity index is 434. The van der Waals surface area contributed by atoms with Crippen LogP contribution in [0.3, 0.4) is 0 Å². The van der Waals surface area contributed by atoms with Gasteiger partial charge in [0.2, 0.25) is 5.91 Å². The highest BCUT2D eigenvalue weighted by Crippen LogP contribution is 2.32. The normalized spacial score (nSPS) is 27.1. The Morgan fingerprint density at radius 2 is 1.78 bits per heavy atom. The predicted octanol–water partition coefficient (Wildman–Crippen LogP) is 1.92. The highest BCUT2D eigenvalue weighted by Gasteiger charge is 2.32. The summed E-state index contributed by atoms with van der Waals surface area (Å²) in [5.41, 5.74) is 0. The van der Waals surface area contributed by atoms with Crippen LogP contribution in [-0.4, -0.2) is 70.5 Å². The Morgan fingerprint density at radius 3 is 2.43 bits per heavy atom. The number of aliphatic carboxylic acids is 1. The van der Waals surface area contributed by atoms with Gasteiger partial charge in [0.1, 0.15) is 0 Å². The van der Waals surface area contributed by atoms with Gasteiger partial charge in [-0.25, -0.2) is 0 Å². The smallest absolute Gasteiger partial charge is 0.307 e. The van der Waals surface area contributed by atoms with Gasteiger partial charge in [0.25, 0.3) is 0 Å². The van der Waals surface area contributed by atoms with Crippen molar-refractivity contribution in [3.05, 3.63) is 0 Å². The number of rotatable bonds is 6. The molecule has 5 nitrogen and oxygen atoms in total.